The number of nitrogens with zero attached hydrogens (tertiary/aromatic N) is 5. The van der Waals surface area contributed by atoms with Gasteiger partial charge in [-0.25, -0.2) is 29.2 Å². The average molecular weight is 405 g/mol. The Morgan fingerprint density at radius 2 is 2.10 bits per heavy atom. The Bertz CT molecular complexity index is 1300. The molecule has 30 heavy (non-hydrogen) atoms. The van der Waals surface area contributed by atoms with Crippen molar-refractivity contribution in [1.82, 2.24) is 25.1 Å². The van der Waals surface area contributed by atoms with Crippen molar-refractivity contribution < 1.29 is 9.23 Å². The van der Waals surface area contributed by atoms with E-state index in [-0.39, 0.29) is 11.9 Å². The molecule has 8 nitrogen and oxygen atoms in total. The van der Waals surface area contributed by atoms with E-state index in [0.29, 0.717) is 17.3 Å². The SMILES string of the molecule is C[C@@H](Nc1ccn2ncc(C3=NC(C)(C)ON3)c2n1)c1cc(F)cc2cnccc12. The smallest absolute Gasteiger partial charge is 0.182 e. The Morgan fingerprint density at radius 3 is 2.90 bits per heavy atom. The highest BCUT2D eigenvalue weighted by Crippen LogP contribution is 2.28. The number of hydrogen-bond donors (Lipinski definition) is 2. The van der Waals surface area contributed by atoms with Crippen LogP contribution < -0.4 is 10.8 Å². The minimum absolute atomic E-state index is 0.184. The van der Waals surface area contributed by atoms with Crippen LogP contribution in [0.1, 0.15) is 37.9 Å². The van der Waals surface area contributed by atoms with Crippen LogP contribution in [0.5, 0.6) is 0 Å². The lowest BCUT2D eigenvalue weighted by Crippen LogP contribution is -2.23. The maximum absolute atomic E-state index is 14.1. The van der Waals surface area contributed by atoms with Crippen molar-refractivity contribution in [2.24, 2.45) is 4.99 Å². The molecule has 3 aromatic heterocycles. The van der Waals surface area contributed by atoms with Crippen molar-refractivity contribution in [3.05, 3.63) is 66.0 Å². The lowest BCUT2D eigenvalue weighted by atomic mass is 10.0. The first-order valence-corrected chi connectivity index (χ1v) is 9.58. The molecule has 0 radical (unpaired) electrons. The number of aliphatic imine (C=N–C) groups is 1. The van der Waals surface area contributed by atoms with Gasteiger partial charge in [-0.15, -0.1) is 0 Å². The summed E-state index contributed by atoms with van der Waals surface area (Å²) in [5, 5.41) is 9.40. The van der Waals surface area contributed by atoms with E-state index < -0.39 is 5.72 Å². The van der Waals surface area contributed by atoms with Gasteiger partial charge in [0, 0.05) is 24.0 Å². The number of hydrogen-bond acceptors (Lipinski definition) is 7. The summed E-state index contributed by atoms with van der Waals surface area (Å²) in [5.74, 6) is 0.923. The summed E-state index contributed by atoms with van der Waals surface area (Å²) in [7, 11) is 0. The second-order valence-electron chi connectivity index (χ2n) is 7.71. The molecule has 0 aliphatic carbocycles. The van der Waals surface area contributed by atoms with Crippen molar-refractivity contribution in [1.29, 1.82) is 0 Å². The van der Waals surface area contributed by atoms with Crippen molar-refractivity contribution >= 4 is 28.1 Å². The Morgan fingerprint density at radius 1 is 1.23 bits per heavy atom. The van der Waals surface area contributed by atoms with Gasteiger partial charge in [0.1, 0.15) is 11.6 Å². The van der Waals surface area contributed by atoms with Crippen LogP contribution >= 0.6 is 0 Å². The van der Waals surface area contributed by atoms with Crippen LogP contribution in [0.4, 0.5) is 10.2 Å². The number of halogens is 1. The third-order valence-electron chi connectivity index (χ3n) is 4.98. The van der Waals surface area contributed by atoms with E-state index in [1.54, 1.807) is 29.2 Å². The fourth-order valence-electron chi connectivity index (χ4n) is 3.58. The number of hydroxylamine groups is 1. The highest BCUT2D eigenvalue weighted by Gasteiger charge is 2.28. The summed E-state index contributed by atoms with van der Waals surface area (Å²) in [5.41, 5.74) is 4.39. The minimum atomic E-state index is -0.652. The second kappa shape index (κ2) is 6.74. The zero-order valence-electron chi connectivity index (χ0n) is 16.7. The van der Waals surface area contributed by atoms with E-state index in [9.17, 15) is 4.39 Å². The molecule has 1 atom stereocenters. The molecular formula is C21H20FN7O. The summed E-state index contributed by atoms with van der Waals surface area (Å²) in [6, 6.07) is 6.56. The van der Waals surface area contributed by atoms with E-state index in [1.165, 1.54) is 6.07 Å². The monoisotopic (exact) mass is 405 g/mol. The molecule has 0 saturated carbocycles. The first-order valence-electron chi connectivity index (χ1n) is 9.58. The Labute approximate surface area is 171 Å². The summed E-state index contributed by atoms with van der Waals surface area (Å²) < 4.78 is 15.8. The first-order chi connectivity index (χ1) is 14.4. The molecule has 0 spiro atoms. The highest BCUT2D eigenvalue weighted by molar-refractivity contribution is 6.03. The molecule has 2 N–H and O–H groups in total. The van der Waals surface area contributed by atoms with Gasteiger partial charge in [0.25, 0.3) is 0 Å². The predicted octanol–water partition coefficient (Wildman–Crippen LogP) is 3.61. The Kier molecular flexibility index (Phi) is 4.14. The number of fused-ring (bicyclic) bond motifs is 2. The molecule has 0 bridgehead atoms. The van der Waals surface area contributed by atoms with Crippen LogP contribution in [-0.2, 0) is 4.84 Å². The molecule has 5 rings (SSSR count). The number of amidine groups is 1. The van der Waals surface area contributed by atoms with Gasteiger partial charge < -0.3 is 5.32 Å². The number of pyridine rings is 1. The fraction of sp³-hybridized carbons (Fsp3) is 0.238. The van der Waals surface area contributed by atoms with Crippen molar-refractivity contribution in [2.75, 3.05) is 5.32 Å². The summed E-state index contributed by atoms with van der Waals surface area (Å²) in [4.78, 5) is 18.8. The van der Waals surface area contributed by atoms with Gasteiger partial charge in [0.15, 0.2) is 17.2 Å². The predicted molar refractivity (Wildman–Crippen MR) is 112 cm³/mol. The van der Waals surface area contributed by atoms with Gasteiger partial charge >= 0.3 is 0 Å². The number of rotatable bonds is 4. The van der Waals surface area contributed by atoms with Gasteiger partial charge in [-0.05, 0) is 56.0 Å². The van der Waals surface area contributed by atoms with Gasteiger partial charge in [0.05, 0.1) is 17.8 Å². The number of anilines is 1. The molecule has 4 heterocycles. The van der Waals surface area contributed by atoms with Crippen molar-refractivity contribution in [3.63, 3.8) is 0 Å². The zero-order valence-corrected chi connectivity index (χ0v) is 16.7. The van der Waals surface area contributed by atoms with Crippen LogP contribution in [0.15, 0.2) is 54.0 Å². The minimum Gasteiger partial charge on any atom is -0.363 e. The maximum Gasteiger partial charge on any atom is 0.182 e. The third kappa shape index (κ3) is 3.22. The van der Waals surface area contributed by atoms with E-state index in [4.69, 9.17) is 9.82 Å². The fourth-order valence-corrected chi connectivity index (χ4v) is 3.58. The molecule has 4 aromatic rings. The molecule has 1 aromatic carbocycles. The summed E-state index contributed by atoms with van der Waals surface area (Å²) in [6.45, 7) is 5.69. The molecule has 0 unspecified atom stereocenters. The molecular weight excluding hydrogens is 385 g/mol. The first kappa shape index (κ1) is 18.4. The molecule has 0 saturated heterocycles. The van der Waals surface area contributed by atoms with Crippen LogP contribution in [0, 0.1) is 5.82 Å². The molecule has 0 amide bonds. The Balaban J connectivity index is 1.50. The summed E-state index contributed by atoms with van der Waals surface area (Å²) >= 11 is 0. The molecule has 0 fully saturated rings. The van der Waals surface area contributed by atoms with Crippen molar-refractivity contribution in [2.45, 2.75) is 32.5 Å². The molecule has 1 aliphatic rings. The van der Waals surface area contributed by atoms with E-state index in [1.807, 2.05) is 39.1 Å². The van der Waals surface area contributed by atoms with Crippen LogP contribution in [0.2, 0.25) is 0 Å². The van der Waals surface area contributed by atoms with Gasteiger partial charge in [-0.3, -0.25) is 4.98 Å². The van der Waals surface area contributed by atoms with Gasteiger partial charge in [0.2, 0.25) is 0 Å². The van der Waals surface area contributed by atoms with Gasteiger partial charge in [-0.1, -0.05) is 0 Å². The quantitative estimate of drug-likeness (QED) is 0.539. The third-order valence-corrected chi connectivity index (χ3v) is 4.98. The number of nitrogens with one attached hydrogen (secondary N) is 2. The van der Waals surface area contributed by atoms with Crippen LogP contribution in [-0.4, -0.2) is 31.1 Å². The normalized spacial score (nSPS) is 16.5. The maximum atomic E-state index is 14.1. The van der Waals surface area contributed by atoms with E-state index in [2.05, 4.69) is 25.9 Å². The lowest BCUT2D eigenvalue weighted by molar-refractivity contribution is -0.0269. The second-order valence-corrected chi connectivity index (χ2v) is 7.71. The highest BCUT2D eigenvalue weighted by atomic mass is 19.1. The zero-order chi connectivity index (χ0) is 20.9. The van der Waals surface area contributed by atoms with Gasteiger partial charge in [-0.2, -0.15) is 5.10 Å². The molecule has 1 aliphatic heterocycles. The molecule has 152 valence electrons. The average Bonchev–Trinajstić information content (AvgIpc) is 3.29. The van der Waals surface area contributed by atoms with Crippen LogP contribution in [0.25, 0.3) is 16.4 Å². The summed E-state index contributed by atoms with van der Waals surface area (Å²) in [6.07, 6.45) is 6.88. The van der Waals surface area contributed by atoms with Crippen LogP contribution in [0.3, 0.4) is 0 Å². The standard InChI is InChI=1S/C21H20FN7O/c1-12(16-9-14(22)8-13-10-23-6-4-15(13)16)25-18-5-7-29-20(26-18)17(11-24-29)19-27-21(2,3)30-28-19/h4-12H,1-3H3,(H,25,26)(H,27,28)/t12-/m1/s1. The number of aromatic nitrogens is 4. The Hall–Kier alpha value is -3.59. The van der Waals surface area contributed by atoms with E-state index in [0.717, 1.165) is 21.9 Å². The van der Waals surface area contributed by atoms with E-state index >= 15 is 0 Å². The molecule has 9 heteroatoms. The topological polar surface area (TPSA) is 88.7 Å². The number of benzene rings is 1. The largest absolute Gasteiger partial charge is 0.363 e. The lowest BCUT2D eigenvalue weighted by Gasteiger charge is -2.17. The van der Waals surface area contributed by atoms with Crippen molar-refractivity contribution in [3.8, 4) is 0 Å².